The molecule has 1 aliphatic carbocycles. The number of nitrogens with zero attached hydrogens (tertiary/aromatic N) is 6. The number of imidazole rings is 1. The molecule has 0 saturated heterocycles. The highest BCUT2D eigenvalue weighted by Crippen LogP contribution is 2.45. The van der Waals surface area contributed by atoms with E-state index < -0.39 is 0 Å². The van der Waals surface area contributed by atoms with E-state index in [0.29, 0.717) is 18.2 Å². The second-order valence-electron chi connectivity index (χ2n) is 13.1. The van der Waals surface area contributed by atoms with Crippen molar-refractivity contribution < 1.29 is 0 Å². The van der Waals surface area contributed by atoms with Crippen molar-refractivity contribution in [3.8, 4) is 16.8 Å². The van der Waals surface area contributed by atoms with Crippen LogP contribution in [0.1, 0.15) is 28.2 Å². The molecule has 53 heavy (non-hydrogen) atoms. The molecule has 6 aromatic carbocycles. The molecule has 2 heterocycles. The lowest BCUT2D eigenvalue weighted by Gasteiger charge is -2.34. The predicted octanol–water partition coefficient (Wildman–Crippen LogP) is 10.5. The Kier molecular flexibility index (Phi) is 8.46. The number of aromatic nitrogens is 2. The smallest absolute Gasteiger partial charge is 0.216 e. The molecule has 9 rings (SSSR count). The predicted molar refractivity (Wildman–Crippen MR) is 219 cm³/mol. The molecule has 7 aromatic rings. The highest BCUT2D eigenvalue weighted by atomic mass is 15.3. The minimum Gasteiger partial charge on any atom is -0.304 e. The molecule has 1 aromatic heterocycles. The quantitative estimate of drug-likeness (QED) is 0.129. The van der Waals surface area contributed by atoms with Gasteiger partial charge in [0.1, 0.15) is 0 Å². The number of amidine groups is 2. The summed E-state index contributed by atoms with van der Waals surface area (Å²) in [6.07, 6.45) is 8.93. The summed E-state index contributed by atoms with van der Waals surface area (Å²) in [5.74, 6) is 2.15. The molecule has 0 saturated carbocycles. The van der Waals surface area contributed by atoms with Gasteiger partial charge in [-0.1, -0.05) is 152 Å². The van der Waals surface area contributed by atoms with E-state index in [0.717, 1.165) is 56.2 Å². The fourth-order valence-corrected chi connectivity index (χ4v) is 7.48. The highest BCUT2D eigenvalue weighted by molar-refractivity contribution is 6.13. The lowest BCUT2D eigenvalue weighted by molar-refractivity contribution is 0.691. The van der Waals surface area contributed by atoms with Crippen LogP contribution in [0.2, 0.25) is 0 Å². The second kappa shape index (κ2) is 14.0. The van der Waals surface area contributed by atoms with Crippen LogP contribution >= 0.6 is 0 Å². The molecule has 0 bridgehead atoms. The molecule has 6 heteroatoms. The summed E-state index contributed by atoms with van der Waals surface area (Å²) in [4.78, 5) is 22.3. The van der Waals surface area contributed by atoms with Crippen molar-refractivity contribution in [1.82, 2.24) is 9.55 Å². The molecule has 0 N–H and O–H groups in total. The van der Waals surface area contributed by atoms with Gasteiger partial charge in [-0.05, 0) is 53.7 Å². The van der Waals surface area contributed by atoms with Crippen molar-refractivity contribution >= 4 is 41.1 Å². The van der Waals surface area contributed by atoms with Crippen LogP contribution in [-0.4, -0.2) is 34.0 Å². The highest BCUT2D eigenvalue weighted by Gasteiger charge is 2.36. The average molecular weight is 685 g/mol. The SMILES string of the molecule is C=NC(=NC(=NCc1ccccc1)c1cccc(-c2cccc3c2nc2n3-c3ccccc3C3C=CC=CC3N2c2ccccc2)c1)c1ccccc1. The first-order valence-corrected chi connectivity index (χ1v) is 17.9. The van der Waals surface area contributed by atoms with Crippen molar-refractivity contribution in [2.24, 2.45) is 15.0 Å². The van der Waals surface area contributed by atoms with Gasteiger partial charge in [0.2, 0.25) is 5.95 Å². The maximum Gasteiger partial charge on any atom is 0.216 e. The Hall–Kier alpha value is -6.92. The maximum absolute atomic E-state index is 5.54. The molecule has 2 aliphatic rings. The lowest BCUT2D eigenvalue weighted by Crippen LogP contribution is -2.35. The van der Waals surface area contributed by atoms with Gasteiger partial charge < -0.3 is 4.90 Å². The van der Waals surface area contributed by atoms with Crippen LogP contribution < -0.4 is 4.90 Å². The molecule has 1 aliphatic heterocycles. The van der Waals surface area contributed by atoms with Gasteiger partial charge in [-0.2, -0.15) is 0 Å². The molecule has 2 atom stereocenters. The first-order valence-electron chi connectivity index (χ1n) is 17.9. The van der Waals surface area contributed by atoms with Crippen LogP contribution in [0, 0.1) is 0 Å². The van der Waals surface area contributed by atoms with Gasteiger partial charge in [0.05, 0.1) is 29.3 Å². The van der Waals surface area contributed by atoms with Gasteiger partial charge in [-0.25, -0.2) is 15.0 Å². The number of fused-ring (bicyclic) bond motifs is 7. The zero-order valence-corrected chi connectivity index (χ0v) is 29.1. The molecular weight excluding hydrogens is 649 g/mol. The number of hydrogen-bond acceptors (Lipinski definition) is 3. The van der Waals surface area contributed by atoms with Gasteiger partial charge in [0, 0.05) is 28.3 Å². The Bertz CT molecular complexity index is 2560. The number of benzene rings is 6. The number of hydrogen-bond donors (Lipinski definition) is 0. The van der Waals surface area contributed by atoms with Crippen LogP contribution in [-0.2, 0) is 6.54 Å². The van der Waals surface area contributed by atoms with Crippen molar-refractivity contribution in [2.75, 3.05) is 4.90 Å². The van der Waals surface area contributed by atoms with Crippen LogP contribution in [0.3, 0.4) is 0 Å². The summed E-state index contributed by atoms with van der Waals surface area (Å²) in [7, 11) is 0. The van der Waals surface area contributed by atoms with Crippen molar-refractivity contribution in [3.05, 3.63) is 204 Å². The first-order chi connectivity index (χ1) is 26.3. The average Bonchev–Trinajstić information content (AvgIpc) is 3.56. The van der Waals surface area contributed by atoms with E-state index in [2.05, 4.69) is 155 Å². The topological polar surface area (TPSA) is 58.1 Å². The summed E-state index contributed by atoms with van der Waals surface area (Å²) < 4.78 is 2.34. The summed E-state index contributed by atoms with van der Waals surface area (Å²) in [5.41, 5.74) is 10.4. The Morgan fingerprint density at radius 2 is 1.36 bits per heavy atom. The van der Waals surface area contributed by atoms with E-state index in [1.54, 1.807) is 0 Å². The standard InChI is InChI=1S/C47H36N6/c1-48-45(34-19-7-3-8-20-34)51-46(49-32-33-17-5-2-6-18-33)36-22-15-21-35(31-36)38-27-16-30-43-44(38)50-47-52(37-23-9-4-10-24-37)41-28-13-11-25-39(41)40-26-12-14-29-42(40)53(43)47/h2-31,39,41H,1,32H2. The molecule has 0 amide bonds. The number of para-hydroxylation sites is 3. The lowest BCUT2D eigenvalue weighted by atomic mass is 9.86. The zero-order chi connectivity index (χ0) is 35.6. The minimum absolute atomic E-state index is 0.0481. The molecule has 0 spiro atoms. The Balaban J connectivity index is 1.22. The molecule has 2 unspecified atom stereocenters. The third-order valence-corrected chi connectivity index (χ3v) is 9.94. The third kappa shape index (κ3) is 6.00. The van der Waals surface area contributed by atoms with Crippen molar-refractivity contribution in [1.29, 1.82) is 0 Å². The summed E-state index contributed by atoms with van der Waals surface area (Å²) in [6, 6.07) is 54.4. The zero-order valence-electron chi connectivity index (χ0n) is 29.1. The summed E-state index contributed by atoms with van der Waals surface area (Å²) in [5, 5.41) is 0. The molecular formula is C47H36N6. The van der Waals surface area contributed by atoms with Gasteiger partial charge in [0.15, 0.2) is 11.7 Å². The Labute approximate surface area is 309 Å². The van der Waals surface area contributed by atoms with E-state index in [4.69, 9.17) is 15.0 Å². The van der Waals surface area contributed by atoms with E-state index in [9.17, 15) is 0 Å². The van der Waals surface area contributed by atoms with Gasteiger partial charge in [0.25, 0.3) is 0 Å². The van der Waals surface area contributed by atoms with E-state index in [1.165, 1.54) is 5.56 Å². The fraction of sp³-hybridized carbons (Fsp3) is 0.0638. The van der Waals surface area contributed by atoms with Crippen LogP contribution in [0.25, 0.3) is 27.8 Å². The number of allylic oxidation sites excluding steroid dienone is 2. The van der Waals surface area contributed by atoms with E-state index in [1.807, 2.05) is 48.5 Å². The second-order valence-corrected chi connectivity index (χ2v) is 13.1. The third-order valence-electron chi connectivity index (χ3n) is 9.94. The monoisotopic (exact) mass is 684 g/mol. The van der Waals surface area contributed by atoms with E-state index in [-0.39, 0.29) is 12.0 Å². The first kappa shape index (κ1) is 32.0. The molecule has 6 nitrogen and oxygen atoms in total. The minimum atomic E-state index is 0.0481. The maximum atomic E-state index is 5.54. The number of anilines is 2. The van der Waals surface area contributed by atoms with Crippen LogP contribution in [0.4, 0.5) is 11.6 Å². The summed E-state index contributed by atoms with van der Waals surface area (Å²) >= 11 is 0. The van der Waals surface area contributed by atoms with Crippen molar-refractivity contribution in [2.45, 2.75) is 18.5 Å². The van der Waals surface area contributed by atoms with Crippen LogP contribution in [0.15, 0.2) is 197 Å². The van der Waals surface area contributed by atoms with Gasteiger partial charge in [-0.15, -0.1) is 0 Å². The van der Waals surface area contributed by atoms with Crippen LogP contribution in [0.5, 0.6) is 0 Å². The Morgan fingerprint density at radius 3 is 2.17 bits per heavy atom. The molecule has 254 valence electrons. The number of aliphatic imine (C=N–C) groups is 3. The Morgan fingerprint density at radius 1 is 0.660 bits per heavy atom. The number of rotatable bonds is 6. The van der Waals surface area contributed by atoms with Gasteiger partial charge in [-0.3, -0.25) is 9.56 Å². The van der Waals surface area contributed by atoms with Crippen molar-refractivity contribution in [3.63, 3.8) is 0 Å². The largest absolute Gasteiger partial charge is 0.304 e. The summed E-state index contributed by atoms with van der Waals surface area (Å²) in [6.45, 7) is 4.33. The van der Waals surface area contributed by atoms with E-state index >= 15 is 0 Å². The molecule has 0 radical (unpaired) electrons. The molecule has 0 fully saturated rings. The normalized spacial score (nSPS) is 16.5. The fourth-order valence-electron chi connectivity index (χ4n) is 7.48. The van der Waals surface area contributed by atoms with Gasteiger partial charge >= 0.3 is 0 Å².